The highest BCUT2D eigenvalue weighted by Crippen LogP contribution is 2.10. The van der Waals surface area contributed by atoms with Crippen LogP contribution in [0.2, 0.25) is 0 Å². The van der Waals surface area contributed by atoms with E-state index < -0.39 is 0 Å². The summed E-state index contributed by atoms with van der Waals surface area (Å²) in [6.07, 6.45) is 24.3. The minimum atomic E-state index is 0.319. The Labute approximate surface area is 128 Å². The highest BCUT2D eigenvalue weighted by molar-refractivity contribution is 7.23. The third kappa shape index (κ3) is 17.8. The Morgan fingerprint density at radius 2 is 1.10 bits per heavy atom. The fraction of sp³-hybridized carbons (Fsp3) is 0.889. The van der Waals surface area contributed by atoms with Gasteiger partial charge in [0, 0.05) is 6.16 Å². The average molecular weight is 298 g/mol. The Kier molecular flexibility index (Phi) is 18.7. The molecule has 2 heteroatoms. The molecule has 0 fully saturated rings. The molecule has 118 valence electrons. The molecule has 0 unspecified atom stereocenters. The molecule has 0 atom stereocenters. The van der Waals surface area contributed by atoms with Gasteiger partial charge in [0.25, 0.3) is 0 Å². The standard InChI is InChI=1S/C18H35OP/c1-2-3-4-5-6-7-8-9-10-11-12-13-14-15-16-17-18-20-19/h9-10H,2-8,11-18H2,1H3/b10-9-. The van der Waals surface area contributed by atoms with Crippen LogP contribution in [0.1, 0.15) is 96.8 Å². The topological polar surface area (TPSA) is 17.1 Å². The molecule has 0 radical (unpaired) electrons. The molecular formula is C18H35OP. The van der Waals surface area contributed by atoms with E-state index in [1.807, 2.05) is 0 Å². The van der Waals surface area contributed by atoms with Crippen molar-refractivity contribution in [2.75, 3.05) is 6.16 Å². The van der Waals surface area contributed by atoms with E-state index in [1.54, 1.807) is 0 Å². The normalized spacial score (nSPS) is 11.7. The fourth-order valence-corrected chi connectivity index (χ4v) is 2.78. The maximum absolute atomic E-state index is 10.2. The predicted molar refractivity (Wildman–Crippen MR) is 91.9 cm³/mol. The van der Waals surface area contributed by atoms with Crippen LogP contribution in [0.3, 0.4) is 0 Å². The first-order valence-electron chi connectivity index (χ1n) is 8.86. The molecule has 0 saturated heterocycles. The van der Waals surface area contributed by atoms with Gasteiger partial charge in [-0.2, -0.15) is 0 Å². The van der Waals surface area contributed by atoms with Crippen LogP contribution >= 0.6 is 8.46 Å². The summed E-state index contributed by atoms with van der Waals surface area (Å²) in [5, 5.41) is 0. The molecule has 0 aromatic rings. The second kappa shape index (κ2) is 18.8. The van der Waals surface area contributed by atoms with Crippen LogP contribution in [-0.4, -0.2) is 6.16 Å². The molecule has 0 aromatic heterocycles. The van der Waals surface area contributed by atoms with Crippen molar-refractivity contribution in [1.29, 1.82) is 0 Å². The van der Waals surface area contributed by atoms with Gasteiger partial charge in [0.2, 0.25) is 0 Å². The quantitative estimate of drug-likeness (QED) is 0.166. The molecule has 0 aromatic carbocycles. The second-order valence-corrected chi connectivity index (χ2v) is 6.50. The molecule has 1 nitrogen and oxygen atoms in total. The zero-order valence-electron chi connectivity index (χ0n) is 13.6. The van der Waals surface area contributed by atoms with Gasteiger partial charge in [-0.05, 0) is 32.1 Å². The van der Waals surface area contributed by atoms with Gasteiger partial charge in [0.05, 0.1) is 0 Å². The molecule has 0 amide bonds. The van der Waals surface area contributed by atoms with Crippen molar-refractivity contribution in [2.45, 2.75) is 96.8 Å². The Morgan fingerprint density at radius 1 is 0.650 bits per heavy atom. The number of allylic oxidation sites excluding steroid dienone is 2. The van der Waals surface area contributed by atoms with Crippen molar-refractivity contribution in [3.8, 4) is 0 Å². The molecule has 0 aliphatic heterocycles. The first-order valence-corrected chi connectivity index (χ1v) is 9.85. The number of hydrogen-bond donors (Lipinski definition) is 0. The monoisotopic (exact) mass is 298 g/mol. The summed E-state index contributed by atoms with van der Waals surface area (Å²) in [5.41, 5.74) is 0. The largest absolute Gasteiger partial charge is 0.275 e. The highest BCUT2D eigenvalue weighted by atomic mass is 31.1. The lowest BCUT2D eigenvalue weighted by atomic mass is 10.1. The second-order valence-electron chi connectivity index (χ2n) is 5.79. The van der Waals surface area contributed by atoms with Crippen molar-refractivity contribution in [2.24, 2.45) is 0 Å². The van der Waals surface area contributed by atoms with E-state index in [-0.39, 0.29) is 0 Å². The zero-order chi connectivity index (χ0) is 14.7. The molecule has 0 rings (SSSR count). The summed E-state index contributed by atoms with van der Waals surface area (Å²) >= 11 is 0. The van der Waals surface area contributed by atoms with Crippen molar-refractivity contribution in [3.05, 3.63) is 12.2 Å². The number of unbranched alkanes of at least 4 members (excludes halogenated alkanes) is 12. The van der Waals surface area contributed by atoms with Crippen LogP contribution < -0.4 is 0 Å². The number of rotatable bonds is 16. The lowest BCUT2D eigenvalue weighted by molar-refractivity contribution is 0.589. The van der Waals surface area contributed by atoms with Crippen molar-refractivity contribution < 1.29 is 4.57 Å². The summed E-state index contributed by atoms with van der Waals surface area (Å²) in [6.45, 7) is 2.27. The summed E-state index contributed by atoms with van der Waals surface area (Å²) in [5.74, 6) is 0. The molecule has 0 saturated carbocycles. The van der Waals surface area contributed by atoms with Crippen LogP contribution in [0.4, 0.5) is 0 Å². The Bertz CT molecular complexity index is 213. The van der Waals surface area contributed by atoms with E-state index in [1.165, 1.54) is 83.5 Å². The van der Waals surface area contributed by atoms with Gasteiger partial charge in [-0.25, -0.2) is 0 Å². The van der Waals surface area contributed by atoms with Crippen LogP contribution in [0.5, 0.6) is 0 Å². The molecule has 20 heavy (non-hydrogen) atoms. The van der Waals surface area contributed by atoms with Crippen LogP contribution in [0.15, 0.2) is 12.2 Å². The minimum Gasteiger partial charge on any atom is -0.275 e. The molecule has 0 aliphatic carbocycles. The van der Waals surface area contributed by atoms with Gasteiger partial charge < -0.3 is 0 Å². The van der Waals surface area contributed by atoms with Gasteiger partial charge in [-0.15, -0.1) is 0 Å². The lowest BCUT2D eigenvalue weighted by Gasteiger charge is -1.99. The summed E-state index contributed by atoms with van der Waals surface area (Å²) in [7, 11) is 0.319. The first kappa shape index (κ1) is 19.8. The van der Waals surface area contributed by atoms with Crippen molar-refractivity contribution >= 4 is 8.46 Å². The fourth-order valence-electron chi connectivity index (χ4n) is 2.42. The Hall–Kier alpha value is -0.160. The maximum atomic E-state index is 10.2. The predicted octanol–water partition coefficient (Wildman–Crippen LogP) is 7.32. The molecule has 0 spiro atoms. The van der Waals surface area contributed by atoms with Gasteiger partial charge in [-0.3, -0.25) is 4.57 Å². The van der Waals surface area contributed by atoms with E-state index in [4.69, 9.17) is 0 Å². The number of hydrogen-bond acceptors (Lipinski definition) is 1. The van der Waals surface area contributed by atoms with Gasteiger partial charge in [-0.1, -0.05) is 76.9 Å². The first-order chi connectivity index (χ1) is 9.91. The third-order valence-electron chi connectivity index (χ3n) is 3.76. The van der Waals surface area contributed by atoms with Gasteiger partial charge >= 0.3 is 0 Å². The summed E-state index contributed by atoms with van der Waals surface area (Å²) < 4.78 is 10.2. The molecule has 0 aliphatic rings. The summed E-state index contributed by atoms with van der Waals surface area (Å²) in [6, 6.07) is 0. The van der Waals surface area contributed by atoms with E-state index in [9.17, 15) is 4.57 Å². The third-order valence-corrected chi connectivity index (χ3v) is 4.26. The van der Waals surface area contributed by atoms with Crippen LogP contribution in [-0.2, 0) is 4.57 Å². The molecule has 0 N–H and O–H groups in total. The molecule has 0 heterocycles. The molecule has 0 bridgehead atoms. The Balaban J connectivity index is 3.03. The summed E-state index contributed by atoms with van der Waals surface area (Å²) in [4.78, 5) is 0. The highest BCUT2D eigenvalue weighted by Gasteiger charge is 1.91. The Morgan fingerprint density at radius 3 is 1.60 bits per heavy atom. The van der Waals surface area contributed by atoms with Crippen LogP contribution in [0.25, 0.3) is 0 Å². The molecular weight excluding hydrogens is 263 g/mol. The average Bonchev–Trinajstić information content (AvgIpc) is 2.47. The smallest absolute Gasteiger partial charge is 0.155 e. The van der Waals surface area contributed by atoms with E-state index >= 15 is 0 Å². The van der Waals surface area contributed by atoms with Gasteiger partial charge in [0.1, 0.15) is 0 Å². The maximum Gasteiger partial charge on any atom is 0.155 e. The zero-order valence-corrected chi connectivity index (χ0v) is 14.5. The van der Waals surface area contributed by atoms with E-state index in [2.05, 4.69) is 19.1 Å². The SMILES string of the molecule is CCCCCCCC/C=C\CCCCCCCCP=O. The van der Waals surface area contributed by atoms with Gasteiger partial charge in [0.15, 0.2) is 8.46 Å². The van der Waals surface area contributed by atoms with E-state index in [0.29, 0.717) is 8.46 Å². The minimum absolute atomic E-state index is 0.319. The van der Waals surface area contributed by atoms with Crippen molar-refractivity contribution in [3.63, 3.8) is 0 Å². The lowest BCUT2D eigenvalue weighted by Crippen LogP contribution is -1.80. The van der Waals surface area contributed by atoms with Crippen LogP contribution in [0, 0.1) is 0 Å². The van der Waals surface area contributed by atoms with Crippen molar-refractivity contribution in [1.82, 2.24) is 0 Å². The van der Waals surface area contributed by atoms with E-state index in [0.717, 1.165) is 12.6 Å².